The molecule has 0 spiro atoms. The monoisotopic (exact) mass is 410 g/mol. The molecule has 0 bridgehead atoms. The second-order valence-electron chi connectivity index (χ2n) is 6.89. The van der Waals surface area contributed by atoms with Crippen LogP contribution in [0, 0.1) is 0 Å². The van der Waals surface area contributed by atoms with Gasteiger partial charge in [0, 0.05) is 26.2 Å². The topological polar surface area (TPSA) is 76.2 Å². The minimum Gasteiger partial charge on any atom is -0.444 e. The van der Waals surface area contributed by atoms with Crippen LogP contribution in [0.3, 0.4) is 0 Å². The molecule has 27 heavy (non-hydrogen) atoms. The highest BCUT2D eigenvalue weighted by molar-refractivity contribution is 7.89. The van der Waals surface area contributed by atoms with Gasteiger partial charge in [-0.3, -0.25) is 0 Å². The second-order valence-corrected chi connectivity index (χ2v) is 8.83. The molecule has 0 saturated carbocycles. The summed E-state index contributed by atoms with van der Waals surface area (Å²) in [7, 11) is -3.89. The Hall–Kier alpha value is -2.01. The maximum absolute atomic E-state index is 12.6. The first kappa shape index (κ1) is 21.3. The highest BCUT2D eigenvalue weighted by Crippen LogP contribution is 2.25. The van der Waals surface area contributed by atoms with Crippen LogP contribution in [-0.2, 0) is 14.8 Å². The third kappa shape index (κ3) is 5.99. The summed E-state index contributed by atoms with van der Waals surface area (Å²) in [6, 6.07) is 3.99. The van der Waals surface area contributed by atoms with Crippen LogP contribution >= 0.6 is 0 Å². The van der Waals surface area contributed by atoms with Crippen LogP contribution in [0.25, 0.3) is 0 Å². The standard InChI is InChI=1S/C16H21F3N2O5S/c1-15(2,3)26-14(22)20-8-10-21(11-9-20)27(23,24)13-6-4-12(5-7-13)25-16(17,18)19/h4-7H,8-11H2,1-3H3. The van der Waals surface area contributed by atoms with E-state index in [0.29, 0.717) is 0 Å². The summed E-state index contributed by atoms with van der Waals surface area (Å²) >= 11 is 0. The van der Waals surface area contributed by atoms with Gasteiger partial charge >= 0.3 is 12.5 Å². The quantitative estimate of drug-likeness (QED) is 0.766. The number of carbonyl (C=O) groups is 1. The van der Waals surface area contributed by atoms with Crippen LogP contribution in [-0.4, -0.2) is 61.9 Å². The summed E-state index contributed by atoms with van der Waals surface area (Å²) in [5.41, 5.74) is -0.652. The molecule has 1 saturated heterocycles. The van der Waals surface area contributed by atoms with Gasteiger partial charge < -0.3 is 14.4 Å². The summed E-state index contributed by atoms with van der Waals surface area (Å²) < 4.78 is 71.9. The largest absolute Gasteiger partial charge is 0.573 e. The number of carbonyl (C=O) groups excluding carboxylic acids is 1. The lowest BCUT2D eigenvalue weighted by Gasteiger charge is -2.34. The average molecular weight is 410 g/mol. The first-order chi connectivity index (χ1) is 12.3. The molecule has 1 aliphatic heterocycles. The van der Waals surface area contributed by atoms with E-state index in [9.17, 15) is 26.4 Å². The lowest BCUT2D eigenvalue weighted by Crippen LogP contribution is -2.51. The third-order valence-corrected chi connectivity index (χ3v) is 5.50. The van der Waals surface area contributed by atoms with E-state index < -0.39 is 33.8 Å². The van der Waals surface area contributed by atoms with E-state index in [0.717, 1.165) is 24.3 Å². The van der Waals surface area contributed by atoms with Crippen molar-refractivity contribution in [2.75, 3.05) is 26.2 Å². The number of sulfonamides is 1. The zero-order valence-electron chi connectivity index (χ0n) is 15.1. The number of amides is 1. The Morgan fingerprint density at radius 1 is 1.00 bits per heavy atom. The average Bonchev–Trinajstić information content (AvgIpc) is 2.52. The Kier molecular flexibility index (Phi) is 5.95. The second kappa shape index (κ2) is 7.55. The van der Waals surface area contributed by atoms with E-state index in [1.165, 1.54) is 9.21 Å². The minimum atomic E-state index is -4.85. The summed E-state index contributed by atoms with van der Waals surface area (Å²) in [4.78, 5) is 13.3. The van der Waals surface area contributed by atoms with E-state index in [1.807, 2.05) is 0 Å². The number of ether oxygens (including phenoxy) is 2. The molecule has 0 atom stereocenters. The van der Waals surface area contributed by atoms with Crippen LogP contribution in [0.5, 0.6) is 5.75 Å². The van der Waals surface area contributed by atoms with E-state index in [-0.39, 0.29) is 31.1 Å². The molecule has 1 fully saturated rings. The van der Waals surface area contributed by atoms with Gasteiger partial charge in [0.15, 0.2) is 0 Å². The van der Waals surface area contributed by atoms with Crippen LogP contribution < -0.4 is 4.74 Å². The fourth-order valence-corrected chi connectivity index (χ4v) is 3.82. The number of hydrogen-bond acceptors (Lipinski definition) is 5. The van der Waals surface area contributed by atoms with Crippen molar-refractivity contribution in [2.45, 2.75) is 37.6 Å². The van der Waals surface area contributed by atoms with Crippen molar-refractivity contribution in [3.8, 4) is 5.75 Å². The number of benzene rings is 1. The first-order valence-corrected chi connectivity index (χ1v) is 9.56. The zero-order chi connectivity index (χ0) is 20.5. The maximum atomic E-state index is 12.6. The van der Waals surface area contributed by atoms with Gasteiger partial charge in [-0.25, -0.2) is 13.2 Å². The number of piperazine rings is 1. The van der Waals surface area contributed by atoms with Gasteiger partial charge in [0.2, 0.25) is 10.0 Å². The molecule has 0 aliphatic carbocycles. The normalized spacial score (nSPS) is 16.9. The Labute approximate surface area is 155 Å². The highest BCUT2D eigenvalue weighted by Gasteiger charge is 2.33. The molecule has 1 amide bonds. The van der Waals surface area contributed by atoms with Crippen LogP contribution in [0.1, 0.15) is 20.8 Å². The Balaban J connectivity index is 2.01. The van der Waals surface area contributed by atoms with E-state index >= 15 is 0 Å². The molecule has 1 aromatic rings. The smallest absolute Gasteiger partial charge is 0.444 e. The highest BCUT2D eigenvalue weighted by atomic mass is 32.2. The van der Waals surface area contributed by atoms with Gasteiger partial charge in [0.1, 0.15) is 11.4 Å². The van der Waals surface area contributed by atoms with Gasteiger partial charge in [-0.05, 0) is 45.0 Å². The van der Waals surface area contributed by atoms with Crippen molar-refractivity contribution in [1.82, 2.24) is 9.21 Å². The molecule has 1 aliphatic rings. The Bertz CT molecular complexity index is 765. The number of alkyl halides is 3. The molecule has 7 nitrogen and oxygen atoms in total. The summed E-state index contributed by atoms with van der Waals surface area (Å²) in [5.74, 6) is -0.504. The summed E-state index contributed by atoms with van der Waals surface area (Å²) in [6.07, 6.45) is -5.37. The van der Waals surface area contributed by atoms with E-state index in [2.05, 4.69) is 4.74 Å². The lowest BCUT2D eigenvalue weighted by atomic mass is 10.2. The summed E-state index contributed by atoms with van der Waals surface area (Å²) in [6.45, 7) is 5.63. The van der Waals surface area contributed by atoms with E-state index in [4.69, 9.17) is 4.74 Å². The van der Waals surface area contributed by atoms with Crippen molar-refractivity contribution in [3.05, 3.63) is 24.3 Å². The minimum absolute atomic E-state index is 0.0579. The van der Waals surface area contributed by atoms with Crippen LogP contribution in [0.15, 0.2) is 29.2 Å². The molecule has 1 aromatic carbocycles. The van der Waals surface area contributed by atoms with Crippen molar-refractivity contribution in [2.24, 2.45) is 0 Å². The van der Waals surface area contributed by atoms with Gasteiger partial charge in [0.25, 0.3) is 0 Å². The Morgan fingerprint density at radius 3 is 1.96 bits per heavy atom. The van der Waals surface area contributed by atoms with Crippen molar-refractivity contribution < 1.29 is 35.9 Å². The Morgan fingerprint density at radius 2 is 1.52 bits per heavy atom. The molecule has 0 radical (unpaired) electrons. The molecule has 11 heteroatoms. The van der Waals surface area contributed by atoms with Crippen LogP contribution in [0.2, 0.25) is 0 Å². The van der Waals surface area contributed by atoms with Crippen molar-refractivity contribution >= 4 is 16.1 Å². The van der Waals surface area contributed by atoms with Crippen molar-refractivity contribution in [1.29, 1.82) is 0 Å². The SMILES string of the molecule is CC(C)(C)OC(=O)N1CCN(S(=O)(=O)c2ccc(OC(F)(F)F)cc2)CC1. The summed E-state index contributed by atoms with van der Waals surface area (Å²) in [5, 5.41) is 0. The molecule has 0 N–H and O–H groups in total. The first-order valence-electron chi connectivity index (χ1n) is 8.12. The molecule has 1 heterocycles. The fourth-order valence-electron chi connectivity index (χ4n) is 2.40. The number of rotatable bonds is 3. The molecule has 0 aromatic heterocycles. The molecule has 0 unspecified atom stereocenters. The molecule has 2 rings (SSSR count). The zero-order valence-corrected chi connectivity index (χ0v) is 15.9. The maximum Gasteiger partial charge on any atom is 0.573 e. The van der Waals surface area contributed by atoms with Gasteiger partial charge in [0.05, 0.1) is 4.90 Å². The molecule has 152 valence electrons. The predicted octanol–water partition coefficient (Wildman–Crippen LogP) is 2.83. The molecular formula is C16H21F3N2O5S. The molecular weight excluding hydrogens is 389 g/mol. The third-order valence-electron chi connectivity index (χ3n) is 3.59. The number of halogens is 3. The lowest BCUT2D eigenvalue weighted by molar-refractivity contribution is -0.274. The van der Waals surface area contributed by atoms with Crippen LogP contribution in [0.4, 0.5) is 18.0 Å². The van der Waals surface area contributed by atoms with Gasteiger partial charge in [-0.1, -0.05) is 0 Å². The van der Waals surface area contributed by atoms with Crippen molar-refractivity contribution in [3.63, 3.8) is 0 Å². The number of hydrogen-bond donors (Lipinski definition) is 0. The van der Waals surface area contributed by atoms with E-state index in [1.54, 1.807) is 20.8 Å². The number of nitrogens with zero attached hydrogens (tertiary/aromatic N) is 2. The van der Waals surface area contributed by atoms with Gasteiger partial charge in [-0.2, -0.15) is 4.31 Å². The predicted molar refractivity (Wildman–Crippen MR) is 89.7 cm³/mol. The fraction of sp³-hybridized carbons (Fsp3) is 0.562. The van der Waals surface area contributed by atoms with Gasteiger partial charge in [-0.15, -0.1) is 13.2 Å².